The number of hydrogen-bond donors (Lipinski definition) is 2. The maximum atomic E-state index is 11.8. The van der Waals surface area contributed by atoms with Crippen molar-refractivity contribution >= 4 is 43.2 Å². The smallest absolute Gasteiger partial charge is 0.225 e. The minimum Gasteiger partial charge on any atom is -0.368 e. The SMILES string of the molecule is CNc1nc(NCC2CCCS2(=O)=O)c2ccsc2n1. The Kier molecular flexibility index (Phi) is 3.51. The Morgan fingerprint density at radius 1 is 1.45 bits per heavy atom. The Hall–Kier alpha value is -1.41. The normalized spacial score (nSPS) is 21.1. The van der Waals surface area contributed by atoms with Crippen LogP contribution in [0.4, 0.5) is 11.8 Å². The third-order valence-electron chi connectivity index (χ3n) is 3.51. The molecular formula is C12H16N4O2S2. The molecule has 0 spiro atoms. The highest BCUT2D eigenvalue weighted by Crippen LogP contribution is 2.27. The average Bonchev–Trinajstić information content (AvgIpc) is 3.01. The summed E-state index contributed by atoms with van der Waals surface area (Å²) >= 11 is 1.54. The zero-order chi connectivity index (χ0) is 14.2. The highest BCUT2D eigenvalue weighted by molar-refractivity contribution is 7.92. The number of sulfone groups is 1. The second-order valence-corrected chi connectivity index (χ2v) is 8.09. The van der Waals surface area contributed by atoms with Crippen LogP contribution >= 0.6 is 11.3 Å². The lowest BCUT2D eigenvalue weighted by Crippen LogP contribution is -2.25. The molecule has 0 radical (unpaired) electrons. The maximum Gasteiger partial charge on any atom is 0.225 e. The molecule has 8 heteroatoms. The molecule has 0 aliphatic carbocycles. The van der Waals surface area contributed by atoms with Gasteiger partial charge in [-0.1, -0.05) is 0 Å². The fraction of sp³-hybridized carbons (Fsp3) is 0.500. The van der Waals surface area contributed by atoms with Crippen LogP contribution in [0.1, 0.15) is 12.8 Å². The van der Waals surface area contributed by atoms with Gasteiger partial charge in [0.2, 0.25) is 5.95 Å². The molecule has 0 aromatic carbocycles. The second kappa shape index (κ2) is 5.17. The first kappa shape index (κ1) is 13.6. The van der Waals surface area contributed by atoms with Gasteiger partial charge in [0.05, 0.1) is 16.4 Å². The number of aromatic nitrogens is 2. The summed E-state index contributed by atoms with van der Waals surface area (Å²) in [5.41, 5.74) is 0. The van der Waals surface area contributed by atoms with E-state index in [4.69, 9.17) is 0 Å². The molecule has 6 nitrogen and oxygen atoms in total. The molecule has 1 saturated heterocycles. The van der Waals surface area contributed by atoms with Gasteiger partial charge < -0.3 is 10.6 Å². The Morgan fingerprint density at radius 3 is 3.00 bits per heavy atom. The standard InChI is InChI=1S/C12H16N4O2S2/c1-13-12-15-10(9-4-5-19-11(9)16-12)14-7-8-3-2-6-20(8,17)18/h4-5,8H,2-3,6-7H2,1H3,(H2,13,14,15,16). The van der Waals surface area contributed by atoms with E-state index in [0.29, 0.717) is 24.1 Å². The highest BCUT2D eigenvalue weighted by Gasteiger charge is 2.31. The lowest BCUT2D eigenvalue weighted by atomic mass is 10.2. The van der Waals surface area contributed by atoms with Crippen LogP contribution in [-0.2, 0) is 9.84 Å². The van der Waals surface area contributed by atoms with Crippen LogP contribution in [-0.4, -0.2) is 43.0 Å². The molecule has 1 atom stereocenters. The largest absolute Gasteiger partial charge is 0.368 e. The van der Waals surface area contributed by atoms with Crippen molar-refractivity contribution in [3.05, 3.63) is 11.4 Å². The van der Waals surface area contributed by atoms with Gasteiger partial charge in [0.15, 0.2) is 9.84 Å². The van der Waals surface area contributed by atoms with Crippen molar-refractivity contribution in [3.8, 4) is 0 Å². The van der Waals surface area contributed by atoms with Gasteiger partial charge in [-0.2, -0.15) is 4.98 Å². The Morgan fingerprint density at radius 2 is 2.30 bits per heavy atom. The molecule has 0 amide bonds. The van der Waals surface area contributed by atoms with Crippen LogP contribution in [0.3, 0.4) is 0 Å². The van der Waals surface area contributed by atoms with Crippen molar-refractivity contribution in [3.63, 3.8) is 0 Å². The number of nitrogens with one attached hydrogen (secondary N) is 2. The number of hydrogen-bond acceptors (Lipinski definition) is 7. The van der Waals surface area contributed by atoms with Gasteiger partial charge in [-0.05, 0) is 24.3 Å². The predicted molar refractivity (Wildman–Crippen MR) is 82.3 cm³/mol. The van der Waals surface area contributed by atoms with Crippen molar-refractivity contribution in [2.75, 3.05) is 30.0 Å². The van der Waals surface area contributed by atoms with Crippen molar-refractivity contribution in [2.24, 2.45) is 0 Å². The summed E-state index contributed by atoms with van der Waals surface area (Å²) in [5, 5.41) is 8.69. The van der Waals surface area contributed by atoms with E-state index in [2.05, 4.69) is 20.6 Å². The Labute approximate surface area is 121 Å². The number of anilines is 2. The van der Waals surface area contributed by atoms with E-state index < -0.39 is 9.84 Å². The third-order valence-corrected chi connectivity index (χ3v) is 6.59. The molecule has 0 saturated carbocycles. The Balaban J connectivity index is 1.85. The number of nitrogens with zero attached hydrogens (tertiary/aromatic N) is 2. The van der Waals surface area contributed by atoms with Crippen molar-refractivity contribution in [1.29, 1.82) is 0 Å². The molecule has 1 fully saturated rings. The summed E-state index contributed by atoms with van der Waals surface area (Å²) in [6.07, 6.45) is 1.49. The summed E-state index contributed by atoms with van der Waals surface area (Å²) in [6.45, 7) is 0.410. The van der Waals surface area contributed by atoms with Gasteiger partial charge in [-0.25, -0.2) is 13.4 Å². The maximum absolute atomic E-state index is 11.8. The first-order chi connectivity index (χ1) is 9.60. The van der Waals surface area contributed by atoms with E-state index >= 15 is 0 Å². The van der Waals surface area contributed by atoms with Crippen molar-refractivity contribution in [1.82, 2.24) is 9.97 Å². The van der Waals surface area contributed by atoms with E-state index in [0.717, 1.165) is 23.1 Å². The molecule has 20 heavy (non-hydrogen) atoms. The first-order valence-corrected chi connectivity index (χ1v) is 9.08. The molecule has 2 aromatic rings. The van der Waals surface area contributed by atoms with Gasteiger partial charge in [-0.15, -0.1) is 11.3 Å². The van der Waals surface area contributed by atoms with Crippen molar-refractivity contribution in [2.45, 2.75) is 18.1 Å². The fourth-order valence-electron chi connectivity index (χ4n) is 2.40. The van der Waals surface area contributed by atoms with Gasteiger partial charge in [0.1, 0.15) is 10.6 Å². The van der Waals surface area contributed by atoms with Gasteiger partial charge >= 0.3 is 0 Å². The zero-order valence-electron chi connectivity index (χ0n) is 11.1. The van der Waals surface area contributed by atoms with E-state index in [9.17, 15) is 8.42 Å². The molecule has 1 unspecified atom stereocenters. The summed E-state index contributed by atoms with van der Waals surface area (Å²) in [6, 6.07) is 1.95. The molecule has 2 N–H and O–H groups in total. The number of thiophene rings is 1. The Bertz CT molecular complexity index is 726. The second-order valence-electron chi connectivity index (χ2n) is 4.80. The summed E-state index contributed by atoms with van der Waals surface area (Å²) in [5.74, 6) is 1.54. The van der Waals surface area contributed by atoms with Crippen LogP contribution in [0.25, 0.3) is 10.2 Å². The molecule has 2 aromatic heterocycles. The molecule has 0 bridgehead atoms. The molecule has 1 aliphatic rings. The highest BCUT2D eigenvalue weighted by atomic mass is 32.2. The molecular weight excluding hydrogens is 296 g/mol. The molecule has 108 valence electrons. The average molecular weight is 312 g/mol. The van der Waals surface area contributed by atoms with Gasteiger partial charge in [0.25, 0.3) is 0 Å². The molecule has 3 heterocycles. The van der Waals surface area contributed by atoms with Crippen LogP contribution in [0.5, 0.6) is 0 Å². The van der Waals surface area contributed by atoms with E-state index in [1.54, 1.807) is 7.05 Å². The topological polar surface area (TPSA) is 84.0 Å². The lowest BCUT2D eigenvalue weighted by molar-refractivity contribution is 0.591. The molecule has 3 rings (SSSR count). The van der Waals surface area contributed by atoms with Crippen LogP contribution in [0.2, 0.25) is 0 Å². The van der Waals surface area contributed by atoms with E-state index in [1.807, 2.05) is 11.4 Å². The van der Waals surface area contributed by atoms with E-state index in [-0.39, 0.29) is 5.25 Å². The van der Waals surface area contributed by atoms with Gasteiger partial charge in [-0.3, -0.25) is 0 Å². The number of fused-ring (bicyclic) bond motifs is 1. The van der Waals surface area contributed by atoms with Gasteiger partial charge in [0, 0.05) is 13.6 Å². The lowest BCUT2D eigenvalue weighted by Gasteiger charge is -2.12. The van der Waals surface area contributed by atoms with Crippen molar-refractivity contribution < 1.29 is 8.42 Å². The van der Waals surface area contributed by atoms with Crippen LogP contribution in [0, 0.1) is 0 Å². The third kappa shape index (κ3) is 2.45. The summed E-state index contributed by atoms with van der Waals surface area (Å²) < 4.78 is 23.7. The van der Waals surface area contributed by atoms with Crippen LogP contribution in [0.15, 0.2) is 11.4 Å². The summed E-state index contributed by atoms with van der Waals surface area (Å²) in [4.78, 5) is 9.63. The minimum atomic E-state index is -2.93. The summed E-state index contributed by atoms with van der Waals surface area (Å²) in [7, 11) is -1.17. The monoisotopic (exact) mass is 312 g/mol. The van der Waals surface area contributed by atoms with E-state index in [1.165, 1.54) is 11.3 Å². The zero-order valence-corrected chi connectivity index (χ0v) is 12.7. The minimum absolute atomic E-state index is 0.302. The number of rotatable bonds is 4. The molecule has 1 aliphatic heterocycles. The first-order valence-electron chi connectivity index (χ1n) is 6.48. The fourth-order valence-corrected chi connectivity index (χ4v) is 4.93. The van der Waals surface area contributed by atoms with Crippen LogP contribution < -0.4 is 10.6 Å². The predicted octanol–water partition coefficient (Wildman–Crippen LogP) is 1.72. The quantitative estimate of drug-likeness (QED) is 0.894.